The van der Waals surface area contributed by atoms with Gasteiger partial charge in [-0.1, -0.05) is 26.0 Å². The van der Waals surface area contributed by atoms with Gasteiger partial charge in [0, 0.05) is 6.04 Å². The van der Waals surface area contributed by atoms with Gasteiger partial charge in [0.15, 0.2) is 0 Å². The van der Waals surface area contributed by atoms with Crippen LogP contribution < -0.4 is 4.72 Å². The van der Waals surface area contributed by atoms with Crippen LogP contribution in [0, 0.1) is 11.7 Å². The summed E-state index contributed by atoms with van der Waals surface area (Å²) in [6.45, 7) is 3.65. The van der Waals surface area contributed by atoms with Crippen LogP contribution >= 0.6 is 0 Å². The molecule has 0 saturated carbocycles. The number of sulfonamides is 1. The highest BCUT2D eigenvalue weighted by Crippen LogP contribution is 2.10. The maximum atomic E-state index is 13.0. The molecule has 0 aliphatic rings. The van der Waals surface area contributed by atoms with Crippen molar-refractivity contribution < 1.29 is 17.9 Å². The molecular formula is C13H20FNO3S. The van der Waals surface area contributed by atoms with Crippen LogP contribution in [-0.4, -0.2) is 26.2 Å². The number of hydrogen-bond acceptors (Lipinski definition) is 3. The second kappa shape index (κ2) is 6.98. The highest BCUT2D eigenvalue weighted by atomic mass is 32.2. The molecule has 6 heteroatoms. The summed E-state index contributed by atoms with van der Waals surface area (Å²) in [7, 11) is -3.58. The SMILES string of the molecule is CC(C)CC(CO)NS(=O)(=O)Cc1cccc(F)c1. The fourth-order valence-electron chi connectivity index (χ4n) is 1.87. The molecule has 2 N–H and O–H groups in total. The second-order valence-corrected chi connectivity index (χ2v) is 6.77. The average Bonchev–Trinajstić information content (AvgIpc) is 2.26. The molecule has 0 spiro atoms. The van der Waals surface area contributed by atoms with Crippen molar-refractivity contribution in [3.63, 3.8) is 0 Å². The highest BCUT2D eigenvalue weighted by Gasteiger charge is 2.19. The van der Waals surface area contributed by atoms with E-state index in [1.165, 1.54) is 18.2 Å². The molecule has 0 aliphatic carbocycles. The van der Waals surface area contributed by atoms with Gasteiger partial charge in [-0.25, -0.2) is 17.5 Å². The van der Waals surface area contributed by atoms with Gasteiger partial charge in [0.25, 0.3) is 0 Å². The third-order valence-corrected chi connectivity index (χ3v) is 3.97. The number of nitrogens with one attached hydrogen (secondary N) is 1. The number of hydrogen-bond donors (Lipinski definition) is 2. The summed E-state index contributed by atoms with van der Waals surface area (Å²) in [5, 5.41) is 9.16. The molecule has 1 atom stereocenters. The third-order valence-electron chi connectivity index (χ3n) is 2.57. The molecule has 1 rings (SSSR count). The maximum absolute atomic E-state index is 13.0. The van der Waals surface area contributed by atoms with Crippen LogP contribution in [0.1, 0.15) is 25.8 Å². The van der Waals surface area contributed by atoms with Crippen molar-refractivity contribution in [2.45, 2.75) is 32.1 Å². The minimum atomic E-state index is -3.58. The van der Waals surface area contributed by atoms with Crippen LogP contribution in [0.2, 0.25) is 0 Å². The Hall–Kier alpha value is -0.980. The lowest BCUT2D eigenvalue weighted by molar-refractivity contribution is 0.240. The summed E-state index contributed by atoms with van der Waals surface area (Å²) < 4.78 is 39.3. The summed E-state index contributed by atoms with van der Waals surface area (Å²) in [5.41, 5.74) is 0.383. The minimum absolute atomic E-state index is 0.249. The van der Waals surface area contributed by atoms with E-state index in [1.807, 2.05) is 13.8 Å². The fourth-order valence-corrected chi connectivity index (χ4v) is 3.25. The molecule has 0 radical (unpaired) electrons. The van der Waals surface area contributed by atoms with Crippen molar-refractivity contribution in [1.29, 1.82) is 0 Å². The summed E-state index contributed by atoms with van der Waals surface area (Å²) in [5.74, 6) is -0.484. The highest BCUT2D eigenvalue weighted by molar-refractivity contribution is 7.88. The van der Waals surface area contributed by atoms with Gasteiger partial charge in [0.1, 0.15) is 5.82 Å². The standard InChI is InChI=1S/C13H20FNO3S/c1-10(2)6-13(8-16)15-19(17,18)9-11-4-3-5-12(14)7-11/h3-5,7,10,13,15-16H,6,8-9H2,1-2H3. The fraction of sp³-hybridized carbons (Fsp3) is 0.538. The Morgan fingerprint density at radius 1 is 1.37 bits per heavy atom. The van der Waals surface area contributed by atoms with Crippen LogP contribution in [0.25, 0.3) is 0 Å². The lowest BCUT2D eigenvalue weighted by Crippen LogP contribution is -2.39. The van der Waals surface area contributed by atoms with E-state index in [9.17, 15) is 12.8 Å². The lowest BCUT2D eigenvalue weighted by Gasteiger charge is -2.18. The molecule has 1 unspecified atom stereocenters. The molecule has 0 fully saturated rings. The summed E-state index contributed by atoms with van der Waals surface area (Å²) in [6.07, 6.45) is 0.554. The molecule has 0 aromatic heterocycles. The van der Waals surface area contributed by atoms with Crippen LogP contribution in [0.3, 0.4) is 0 Å². The number of benzene rings is 1. The molecule has 0 heterocycles. The first-order valence-electron chi connectivity index (χ1n) is 6.17. The largest absolute Gasteiger partial charge is 0.395 e. The average molecular weight is 289 g/mol. The molecule has 0 aliphatic heterocycles. The number of rotatable bonds is 7. The quantitative estimate of drug-likeness (QED) is 0.802. The van der Waals surface area contributed by atoms with Crippen LogP contribution in [-0.2, 0) is 15.8 Å². The third kappa shape index (κ3) is 6.13. The molecule has 4 nitrogen and oxygen atoms in total. The number of halogens is 1. The smallest absolute Gasteiger partial charge is 0.216 e. The van der Waals surface area contributed by atoms with Crippen molar-refractivity contribution in [3.8, 4) is 0 Å². The first-order chi connectivity index (χ1) is 8.82. The Kier molecular flexibility index (Phi) is 5.90. The van der Waals surface area contributed by atoms with Crippen molar-refractivity contribution >= 4 is 10.0 Å². The Morgan fingerprint density at radius 2 is 2.05 bits per heavy atom. The normalized spacial score (nSPS) is 13.7. The Bertz CT molecular complexity index is 502. The van der Waals surface area contributed by atoms with Gasteiger partial charge in [-0.05, 0) is 30.0 Å². The Balaban J connectivity index is 2.70. The monoisotopic (exact) mass is 289 g/mol. The van der Waals surface area contributed by atoms with Crippen LogP contribution in [0.4, 0.5) is 4.39 Å². The maximum Gasteiger partial charge on any atom is 0.216 e. The van der Waals surface area contributed by atoms with Gasteiger partial charge in [-0.15, -0.1) is 0 Å². The van der Waals surface area contributed by atoms with E-state index in [4.69, 9.17) is 5.11 Å². The summed E-state index contributed by atoms with van der Waals surface area (Å²) in [6, 6.07) is 4.98. The summed E-state index contributed by atoms with van der Waals surface area (Å²) in [4.78, 5) is 0. The Labute approximate surface area is 113 Å². The van der Waals surface area contributed by atoms with Crippen molar-refractivity contribution in [2.75, 3.05) is 6.61 Å². The molecular weight excluding hydrogens is 269 g/mol. The zero-order valence-corrected chi connectivity index (χ0v) is 12.0. The van der Waals surface area contributed by atoms with Gasteiger partial charge in [0.05, 0.1) is 12.4 Å². The van der Waals surface area contributed by atoms with Gasteiger partial charge in [-0.3, -0.25) is 0 Å². The van der Waals surface area contributed by atoms with Crippen LogP contribution in [0.15, 0.2) is 24.3 Å². The lowest BCUT2D eigenvalue weighted by atomic mass is 10.1. The van der Waals surface area contributed by atoms with Crippen molar-refractivity contribution in [3.05, 3.63) is 35.6 Å². The van der Waals surface area contributed by atoms with E-state index in [0.717, 1.165) is 0 Å². The first-order valence-corrected chi connectivity index (χ1v) is 7.83. The topological polar surface area (TPSA) is 66.4 Å². The predicted molar refractivity (Wildman–Crippen MR) is 72.5 cm³/mol. The molecule has 108 valence electrons. The van der Waals surface area contributed by atoms with Gasteiger partial charge in [0.2, 0.25) is 10.0 Å². The summed E-state index contributed by atoms with van der Waals surface area (Å²) >= 11 is 0. The minimum Gasteiger partial charge on any atom is -0.395 e. The van der Waals surface area contributed by atoms with Crippen LogP contribution in [0.5, 0.6) is 0 Å². The molecule has 19 heavy (non-hydrogen) atoms. The van der Waals surface area contributed by atoms with E-state index in [0.29, 0.717) is 12.0 Å². The van der Waals surface area contributed by atoms with E-state index < -0.39 is 21.9 Å². The Morgan fingerprint density at radius 3 is 2.58 bits per heavy atom. The van der Waals surface area contributed by atoms with Gasteiger partial charge in [-0.2, -0.15) is 0 Å². The second-order valence-electron chi connectivity index (χ2n) is 5.02. The van der Waals surface area contributed by atoms with Crippen molar-refractivity contribution in [2.24, 2.45) is 5.92 Å². The molecule has 1 aromatic rings. The molecule has 0 saturated heterocycles. The van der Waals surface area contributed by atoms with Gasteiger partial charge < -0.3 is 5.11 Å². The molecule has 1 aromatic carbocycles. The molecule has 0 amide bonds. The van der Waals surface area contributed by atoms with E-state index in [1.54, 1.807) is 6.07 Å². The van der Waals surface area contributed by atoms with E-state index in [2.05, 4.69) is 4.72 Å². The number of aliphatic hydroxyl groups is 1. The predicted octanol–water partition coefficient (Wildman–Crippen LogP) is 1.65. The zero-order chi connectivity index (χ0) is 14.5. The first kappa shape index (κ1) is 16.1. The zero-order valence-electron chi connectivity index (χ0n) is 11.1. The van der Waals surface area contributed by atoms with Crippen molar-refractivity contribution in [1.82, 2.24) is 4.72 Å². The molecule has 0 bridgehead atoms. The number of aliphatic hydroxyl groups excluding tert-OH is 1. The van der Waals surface area contributed by atoms with Gasteiger partial charge >= 0.3 is 0 Å². The van der Waals surface area contributed by atoms with E-state index >= 15 is 0 Å². The van der Waals surface area contributed by atoms with E-state index in [-0.39, 0.29) is 18.3 Å².